The molecule has 6 rings (SSSR count). The van der Waals surface area contributed by atoms with E-state index in [9.17, 15) is 18.4 Å². The summed E-state index contributed by atoms with van der Waals surface area (Å²) < 4.78 is 48.7. The van der Waals surface area contributed by atoms with Gasteiger partial charge in [-0.25, -0.2) is 18.2 Å². The van der Waals surface area contributed by atoms with Crippen LogP contribution < -0.4 is 21.5 Å². The van der Waals surface area contributed by atoms with Crippen molar-refractivity contribution in [3.63, 3.8) is 0 Å². The number of halogens is 4. The van der Waals surface area contributed by atoms with Crippen LogP contribution in [0.3, 0.4) is 0 Å². The van der Waals surface area contributed by atoms with Crippen molar-refractivity contribution in [2.45, 2.75) is 55.9 Å². The van der Waals surface area contributed by atoms with Gasteiger partial charge in [-0.05, 0) is 88.9 Å². The highest BCUT2D eigenvalue weighted by atomic mass is 35.5. The first kappa shape index (κ1) is 35.1. The number of nitrogens with two attached hydrogens (primary N) is 2. The third-order valence-corrected chi connectivity index (χ3v) is 8.68. The first-order valence-electron chi connectivity index (χ1n) is 15.2. The zero-order chi connectivity index (χ0) is 33.6. The first-order valence-corrected chi connectivity index (χ1v) is 15.5. The van der Waals surface area contributed by atoms with Crippen molar-refractivity contribution in [3.8, 4) is 17.0 Å². The second-order valence-corrected chi connectivity index (χ2v) is 12.0. The molecule has 1 atom stereocenters. The molecular weight excluding hydrogens is 619 g/mol. The number of nitrogens with zero attached hydrogens (tertiary/aromatic N) is 2. The minimum atomic E-state index is -1.05. The number of aliphatic imine (C=N–C) groups is 1. The van der Waals surface area contributed by atoms with Crippen LogP contribution in [0.15, 0.2) is 35.3 Å². The summed E-state index contributed by atoms with van der Waals surface area (Å²) in [6, 6.07) is 7.56. The average Bonchev–Trinajstić information content (AvgIpc) is 3.93. The van der Waals surface area contributed by atoms with Crippen LogP contribution in [0, 0.1) is 23.4 Å². The second kappa shape index (κ2) is 15.2. The van der Waals surface area contributed by atoms with E-state index in [2.05, 4.69) is 21.0 Å². The third kappa shape index (κ3) is 7.76. The first-order chi connectivity index (χ1) is 22.2. The summed E-state index contributed by atoms with van der Waals surface area (Å²) in [4.78, 5) is 31.2. The molecule has 1 unspecified atom stereocenters. The molecule has 8 nitrogen and oxygen atoms in total. The molecule has 46 heavy (non-hydrogen) atoms. The van der Waals surface area contributed by atoms with Crippen LogP contribution in [-0.4, -0.2) is 57.6 Å². The number of rotatable bonds is 11. The highest BCUT2D eigenvalue weighted by Gasteiger charge is 2.48. The third-order valence-electron chi connectivity index (χ3n) is 8.34. The highest BCUT2D eigenvalue weighted by Crippen LogP contribution is 2.50. The SMILES string of the molecule is CN.CNCC(c1cc(C2(C=O)CC2)c(F)c(-c2ccc(F)c(Cl)c2F)n1)C1CC1.COc1cc(C=O)cc(C=NC2CC2)c1N. The summed E-state index contributed by atoms with van der Waals surface area (Å²) in [5.74, 6) is -1.75. The lowest BCUT2D eigenvalue weighted by Gasteiger charge is -2.21. The molecule has 3 saturated carbocycles. The fraction of sp³-hybridized carbons (Fsp3) is 0.412. The molecule has 246 valence electrons. The van der Waals surface area contributed by atoms with E-state index in [0.717, 1.165) is 56.0 Å². The van der Waals surface area contributed by atoms with Crippen molar-refractivity contribution in [3.05, 3.63) is 75.2 Å². The van der Waals surface area contributed by atoms with Gasteiger partial charge in [-0.3, -0.25) is 9.79 Å². The largest absolute Gasteiger partial charge is 0.495 e. The number of benzene rings is 2. The Morgan fingerprint density at radius 2 is 1.80 bits per heavy atom. The Labute approximate surface area is 271 Å². The maximum Gasteiger partial charge on any atom is 0.154 e. The number of methoxy groups -OCH3 is 1. The molecule has 2 aromatic carbocycles. The molecule has 1 heterocycles. The lowest BCUT2D eigenvalue weighted by atomic mass is 9.90. The minimum absolute atomic E-state index is 0.0320. The van der Waals surface area contributed by atoms with Gasteiger partial charge in [-0.1, -0.05) is 11.6 Å². The number of nitrogen functional groups attached to an aromatic ring is 1. The van der Waals surface area contributed by atoms with Crippen LogP contribution in [-0.2, 0) is 10.2 Å². The normalized spacial score (nSPS) is 16.9. The monoisotopic (exact) mass is 657 g/mol. The Bertz CT molecular complexity index is 1610. The van der Waals surface area contributed by atoms with E-state index in [0.29, 0.717) is 54.0 Å². The van der Waals surface area contributed by atoms with Crippen LogP contribution in [0.1, 0.15) is 71.6 Å². The molecule has 0 saturated heterocycles. The number of aldehydes is 2. The van der Waals surface area contributed by atoms with E-state index in [-0.39, 0.29) is 22.7 Å². The van der Waals surface area contributed by atoms with Gasteiger partial charge in [0.05, 0.1) is 24.3 Å². The van der Waals surface area contributed by atoms with Crippen LogP contribution in [0.4, 0.5) is 18.9 Å². The Morgan fingerprint density at radius 1 is 1.11 bits per heavy atom. The smallest absolute Gasteiger partial charge is 0.154 e. The second-order valence-electron chi connectivity index (χ2n) is 11.6. The topological polar surface area (TPSA) is 133 Å². The van der Waals surface area contributed by atoms with Crippen molar-refractivity contribution >= 4 is 36.1 Å². The molecule has 0 bridgehead atoms. The summed E-state index contributed by atoms with van der Waals surface area (Å²) in [6.07, 6.45) is 8.72. The van der Waals surface area contributed by atoms with Crippen molar-refractivity contribution in [2.24, 2.45) is 16.6 Å². The quantitative estimate of drug-likeness (QED) is 0.0996. The maximum absolute atomic E-state index is 15.4. The summed E-state index contributed by atoms with van der Waals surface area (Å²) in [5.41, 5.74) is 11.8. The van der Waals surface area contributed by atoms with Crippen LogP contribution >= 0.6 is 11.6 Å². The molecule has 5 N–H and O–H groups in total. The van der Waals surface area contributed by atoms with Crippen LogP contribution in [0.5, 0.6) is 5.75 Å². The highest BCUT2D eigenvalue weighted by molar-refractivity contribution is 6.31. The molecule has 3 aliphatic carbocycles. The summed E-state index contributed by atoms with van der Waals surface area (Å²) >= 11 is 5.70. The van der Waals surface area contributed by atoms with Gasteiger partial charge < -0.3 is 26.3 Å². The average molecular weight is 658 g/mol. The van der Waals surface area contributed by atoms with Crippen molar-refractivity contribution < 1.29 is 27.5 Å². The fourth-order valence-corrected chi connectivity index (χ4v) is 5.39. The standard InChI is InChI=1S/C21H20ClF3N2O.C12H14N2O2.CH5N/c1-26-9-13(11-2-3-11)16-8-14(21(10-28)6-7-21)19(25)20(27-16)12-4-5-15(23)17(22)18(12)24;1-16-11-5-8(7-15)4-9(12(11)13)6-14-10-2-3-10;1-2/h4-5,8,10-11,13,26H,2-3,6-7,9H2,1H3;4-7,10H,2-3,13H2,1H3;2H2,1H3. The van der Waals surface area contributed by atoms with E-state index >= 15 is 4.39 Å². The van der Waals surface area contributed by atoms with Gasteiger partial charge in [-0.2, -0.15) is 0 Å². The number of carbonyl (C=O) groups is 2. The molecule has 0 aliphatic heterocycles. The molecule has 3 aliphatic rings. The van der Waals surface area contributed by atoms with Gasteiger partial charge in [-0.15, -0.1) is 0 Å². The van der Waals surface area contributed by atoms with E-state index < -0.39 is 27.9 Å². The number of anilines is 1. The summed E-state index contributed by atoms with van der Waals surface area (Å²) in [7, 11) is 4.86. The van der Waals surface area contributed by atoms with E-state index in [1.807, 2.05) is 7.05 Å². The van der Waals surface area contributed by atoms with Gasteiger partial charge in [0.2, 0.25) is 0 Å². The van der Waals surface area contributed by atoms with Crippen molar-refractivity contribution in [1.82, 2.24) is 10.3 Å². The van der Waals surface area contributed by atoms with Gasteiger partial charge >= 0.3 is 0 Å². The molecule has 0 amide bonds. The van der Waals surface area contributed by atoms with Crippen molar-refractivity contribution in [1.29, 1.82) is 0 Å². The Kier molecular flexibility index (Phi) is 11.6. The fourth-order valence-electron chi connectivity index (χ4n) is 5.23. The number of ether oxygens (including phenoxy) is 1. The van der Waals surface area contributed by atoms with E-state index in [1.165, 1.54) is 14.2 Å². The summed E-state index contributed by atoms with van der Waals surface area (Å²) in [6.45, 7) is 0.642. The van der Waals surface area contributed by atoms with Gasteiger partial charge in [0.25, 0.3) is 0 Å². The molecule has 0 spiro atoms. The van der Waals surface area contributed by atoms with E-state index in [4.69, 9.17) is 22.1 Å². The van der Waals surface area contributed by atoms with E-state index in [1.54, 1.807) is 24.4 Å². The number of likely N-dealkylation sites (N-methyl/N-ethyl adjacent to an activating group) is 1. The van der Waals surface area contributed by atoms with Crippen LogP contribution in [0.25, 0.3) is 11.3 Å². The molecule has 12 heteroatoms. The molecule has 0 radical (unpaired) electrons. The lowest BCUT2D eigenvalue weighted by Crippen LogP contribution is -2.22. The van der Waals surface area contributed by atoms with Crippen molar-refractivity contribution in [2.75, 3.05) is 33.5 Å². The number of hydrogen-bond acceptors (Lipinski definition) is 8. The lowest BCUT2D eigenvalue weighted by molar-refractivity contribution is -0.109. The molecule has 3 aromatic rings. The Hall–Kier alpha value is -3.80. The molecule has 3 fully saturated rings. The number of aromatic nitrogens is 1. The molecule has 1 aromatic heterocycles. The predicted octanol–water partition coefficient (Wildman–Crippen LogP) is 6.01. The van der Waals surface area contributed by atoms with Gasteiger partial charge in [0.1, 0.15) is 34.9 Å². The molecular formula is C34H39ClF3N5O3. The Morgan fingerprint density at radius 3 is 2.35 bits per heavy atom. The van der Waals surface area contributed by atoms with Crippen LogP contribution in [0.2, 0.25) is 5.02 Å². The number of hydrogen-bond donors (Lipinski definition) is 3. The number of nitrogens with one attached hydrogen (secondary N) is 1. The Balaban J connectivity index is 0.000000227. The zero-order valence-corrected chi connectivity index (χ0v) is 26.8. The minimum Gasteiger partial charge on any atom is -0.495 e. The predicted molar refractivity (Wildman–Crippen MR) is 174 cm³/mol. The van der Waals surface area contributed by atoms with Gasteiger partial charge in [0.15, 0.2) is 11.6 Å². The number of pyridine rings is 1. The zero-order valence-electron chi connectivity index (χ0n) is 26.1. The number of carbonyl (C=O) groups excluding carboxylic acids is 2. The maximum atomic E-state index is 15.4. The van der Waals surface area contributed by atoms with Gasteiger partial charge in [0, 0.05) is 46.6 Å². The summed E-state index contributed by atoms with van der Waals surface area (Å²) in [5, 5.41) is 2.43.